The fourth-order valence-electron chi connectivity index (χ4n) is 3.39. The average Bonchev–Trinajstić information content (AvgIpc) is 3.00. The van der Waals surface area contributed by atoms with Crippen LogP contribution in [0.15, 0.2) is 24.5 Å². The van der Waals surface area contributed by atoms with Crippen LogP contribution in [0.4, 0.5) is 10.6 Å². The lowest BCUT2D eigenvalue weighted by atomic mass is 9.87. The van der Waals surface area contributed by atoms with Crippen molar-refractivity contribution in [3.05, 3.63) is 34.7 Å². The number of nitrogens with zero attached hydrogens (tertiary/aromatic N) is 1. The van der Waals surface area contributed by atoms with E-state index in [-0.39, 0.29) is 11.9 Å². The molecule has 1 aliphatic heterocycles. The monoisotopic (exact) mass is 345 g/mol. The Balaban J connectivity index is 1.95. The molecule has 0 spiro atoms. The molecule has 3 heterocycles. The van der Waals surface area contributed by atoms with Gasteiger partial charge in [-0.25, -0.2) is 4.79 Å². The summed E-state index contributed by atoms with van der Waals surface area (Å²) in [6.45, 7) is 4.07. The summed E-state index contributed by atoms with van der Waals surface area (Å²) in [5.74, 6) is 0.861. The highest BCUT2D eigenvalue weighted by Crippen LogP contribution is 2.36. The molecule has 0 aromatic carbocycles. The zero-order valence-electron chi connectivity index (χ0n) is 13.8. The van der Waals surface area contributed by atoms with E-state index >= 15 is 0 Å². The molecule has 128 valence electrons. The second-order valence-electron chi connectivity index (χ2n) is 6.06. The quantitative estimate of drug-likeness (QED) is 0.644. The molecule has 1 saturated heterocycles. The summed E-state index contributed by atoms with van der Waals surface area (Å²) < 4.78 is 0.675. The first-order chi connectivity index (χ1) is 11.6. The van der Waals surface area contributed by atoms with Crippen LogP contribution in [0.1, 0.15) is 31.2 Å². The molecule has 1 atom stereocenters. The van der Waals surface area contributed by atoms with E-state index in [9.17, 15) is 4.79 Å². The van der Waals surface area contributed by atoms with E-state index in [4.69, 9.17) is 18.0 Å². The Labute approximate surface area is 146 Å². The van der Waals surface area contributed by atoms with Gasteiger partial charge in [0.2, 0.25) is 0 Å². The predicted octanol–water partition coefficient (Wildman–Crippen LogP) is 3.23. The Hall–Kier alpha value is -2.28. The highest BCUT2D eigenvalue weighted by Gasteiger charge is 2.27. The summed E-state index contributed by atoms with van der Waals surface area (Å²) in [5, 5.41) is 2.89. The normalized spacial score (nSPS) is 17.7. The summed E-state index contributed by atoms with van der Waals surface area (Å²) in [4.78, 5) is 20.2. The molecule has 3 rings (SSSR count). The first-order valence-corrected chi connectivity index (χ1v) is 8.70. The van der Waals surface area contributed by atoms with E-state index in [1.165, 1.54) is 0 Å². The zero-order valence-corrected chi connectivity index (χ0v) is 14.6. The zero-order chi connectivity index (χ0) is 17.1. The van der Waals surface area contributed by atoms with Crippen LogP contribution in [0.25, 0.3) is 11.1 Å². The van der Waals surface area contributed by atoms with Crippen LogP contribution >= 0.6 is 12.2 Å². The van der Waals surface area contributed by atoms with Gasteiger partial charge in [-0.2, -0.15) is 0 Å². The Kier molecular flexibility index (Phi) is 4.89. The smallest absolute Gasteiger partial charge is 0.317 e. The number of amides is 2. The van der Waals surface area contributed by atoms with Crippen molar-refractivity contribution in [3.63, 3.8) is 0 Å². The van der Waals surface area contributed by atoms with Crippen LogP contribution in [0, 0.1) is 4.64 Å². The Morgan fingerprint density at radius 1 is 1.42 bits per heavy atom. The Morgan fingerprint density at radius 2 is 2.21 bits per heavy atom. The van der Waals surface area contributed by atoms with Gasteiger partial charge in [0.05, 0.1) is 0 Å². The molecular formula is C17H23N5OS. The number of pyridine rings is 1. The molecule has 0 bridgehead atoms. The Bertz CT molecular complexity index is 781. The maximum absolute atomic E-state index is 12.2. The van der Waals surface area contributed by atoms with Gasteiger partial charge < -0.3 is 25.9 Å². The molecule has 6 nitrogen and oxygen atoms in total. The molecule has 0 aliphatic carbocycles. The maximum atomic E-state index is 12.2. The van der Waals surface area contributed by atoms with Gasteiger partial charge in [0.15, 0.2) is 0 Å². The summed E-state index contributed by atoms with van der Waals surface area (Å²) in [7, 11) is 0. The van der Waals surface area contributed by atoms with Crippen LogP contribution in [-0.2, 0) is 0 Å². The highest BCUT2D eigenvalue weighted by atomic mass is 32.1. The minimum Gasteiger partial charge on any atom is -0.385 e. The number of nitrogens with one attached hydrogen (secondary N) is 3. The number of urea groups is 1. The van der Waals surface area contributed by atoms with Crippen molar-refractivity contribution in [1.82, 2.24) is 20.2 Å². The molecule has 0 saturated carbocycles. The lowest BCUT2D eigenvalue weighted by Crippen LogP contribution is -2.44. The van der Waals surface area contributed by atoms with E-state index in [1.807, 2.05) is 30.3 Å². The van der Waals surface area contributed by atoms with Crippen molar-refractivity contribution in [2.24, 2.45) is 0 Å². The number of piperidine rings is 1. The first-order valence-electron chi connectivity index (χ1n) is 8.29. The van der Waals surface area contributed by atoms with Gasteiger partial charge in [-0.1, -0.05) is 12.2 Å². The molecule has 1 unspecified atom stereocenters. The molecule has 0 radical (unpaired) electrons. The van der Waals surface area contributed by atoms with Crippen molar-refractivity contribution >= 4 is 24.1 Å². The summed E-state index contributed by atoms with van der Waals surface area (Å²) in [6, 6.07) is 4.01. The number of nitrogen functional groups attached to an aromatic ring is 1. The number of hydrogen-bond acceptors (Lipinski definition) is 3. The number of H-pyrrole nitrogens is 2. The minimum atomic E-state index is 0.00555. The van der Waals surface area contributed by atoms with E-state index in [0.717, 1.165) is 36.1 Å². The topological polar surface area (TPSA) is 89.9 Å². The van der Waals surface area contributed by atoms with Crippen molar-refractivity contribution in [1.29, 1.82) is 0 Å². The summed E-state index contributed by atoms with van der Waals surface area (Å²) in [6.07, 6.45) is 5.70. The van der Waals surface area contributed by atoms with Gasteiger partial charge >= 0.3 is 6.03 Å². The van der Waals surface area contributed by atoms with Gasteiger partial charge in [0, 0.05) is 49.1 Å². The molecule has 1 aliphatic rings. The number of aromatic amines is 2. The van der Waals surface area contributed by atoms with Crippen LogP contribution in [-0.4, -0.2) is 40.5 Å². The number of rotatable bonds is 3. The number of anilines is 1. The van der Waals surface area contributed by atoms with Crippen LogP contribution in [0.3, 0.4) is 0 Å². The molecule has 7 heteroatoms. The van der Waals surface area contributed by atoms with Gasteiger partial charge in [0.25, 0.3) is 0 Å². The van der Waals surface area contributed by atoms with Gasteiger partial charge in [-0.15, -0.1) is 0 Å². The third kappa shape index (κ3) is 3.17. The average molecular weight is 345 g/mol. The van der Waals surface area contributed by atoms with Crippen molar-refractivity contribution in [2.45, 2.75) is 25.7 Å². The van der Waals surface area contributed by atoms with Crippen molar-refractivity contribution in [2.75, 3.05) is 25.4 Å². The van der Waals surface area contributed by atoms with E-state index in [0.29, 0.717) is 23.5 Å². The molecule has 2 aromatic rings. The molecule has 5 N–H and O–H groups in total. The largest absolute Gasteiger partial charge is 0.385 e. The SMILES string of the molecule is CCNC(=O)N1CCCC(c2cc[nH]c(=S)c2-c2cc[nH]c2N)C1. The Morgan fingerprint density at radius 3 is 2.92 bits per heavy atom. The van der Waals surface area contributed by atoms with E-state index in [2.05, 4.69) is 21.4 Å². The van der Waals surface area contributed by atoms with E-state index in [1.54, 1.807) is 0 Å². The molecule has 2 amide bonds. The molecule has 2 aromatic heterocycles. The summed E-state index contributed by atoms with van der Waals surface area (Å²) in [5.41, 5.74) is 9.10. The number of hydrogen-bond donors (Lipinski definition) is 4. The predicted molar refractivity (Wildman–Crippen MR) is 98.4 cm³/mol. The first kappa shape index (κ1) is 16.6. The third-order valence-corrected chi connectivity index (χ3v) is 4.84. The fraction of sp³-hybridized carbons (Fsp3) is 0.412. The number of nitrogens with two attached hydrogens (primary N) is 1. The highest BCUT2D eigenvalue weighted by molar-refractivity contribution is 7.71. The van der Waals surface area contributed by atoms with Crippen LogP contribution < -0.4 is 11.1 Å². The van der Waals surface area contributed by atoms with Gasteiger partial charge in [-0.05, 0) is 37.5 Å². The molecule has 1 fully saturated rings. The van der Waals surface area contributed by atoms with Crippen molar-refractivity contribution < 1.29 is 4.79 Å². The number of aromatic nitrogens is 2. The fourth-order valence-corrected chi connectivity index (χ4v) is 3.69. The van der Waals surface area contributed by atoms with Crippen LogP contribution in [0.2, 0.25) is 0 Å². The van der Waals surface area contributed by atoms with Gasteiger partial charge in [0.1, 0.15) is 10.5 Å². The third-order valence-electron chi connectivity index (χ3n) is 4.52. The standard InChI is InChI=1S/C17H23N5OS/c1-2-19-17(23)22-9-3-4-11(10-22)12-5-8-21-16(24)14(12)13-6-7-20-15(13)18/h5-8,11,20H,2-4,9-10,18H2,1H3,(H,19,23)(H,21,24). The lowest BCUT2D eigenvalue weighted by molar-refractivity contribution is 0.180. The second-order valence-corrected chi connectivity index (χ2v) is 6.47. The molecule has 24 heavy (non-hydrogen) atoms. The number of likely N-dealkylation sites (tertiary alicyclic amines) is 1. The maximum Gasteiger partial charge on any atom is 0.317 e. The minimum absolute atomic E-state index is 0.00555. The van der Waals surface area contributed by atoms with E-state index < -0.39 is 0 Å². The summed E-state index contributed by atoms with van der Waals surface area (Å²) >= 11 is 5.52. The lowest BCUT2D eigenvalue weighted by Gasteiger charge is -2.33. The second kappa shape index (κ2) is 7.09. The molecular weight excluding hydrogens is 322 g/mol. The van der Waals surface area contributed by atoms with Crippen LogP contribution in [0.5, 0.6) is 0 Å². The number of carbonyl (C=O) groups excluding carboxylic acids is 1. The van der Waals surface area contributed by atoms with Crippen molar-refractivity contribution in [3.8, 4) is 11.1 Å². The number of carbonyl (C=O) groups is 1. The van der Waals surface area contributed by atoms with Gasteiger partial charge in [-0.3, -0.25) is 0 Å².